The van der Waals surface area contributed by atoms with Crippen LogP contribution in [-0.2, 0) is 38.7 Å². The predicted molar refractivity (Wildman–Crippen MR) is 197 cm³/mol. The number of carbonyl (C=O) groups excluding carboxylic acids is 2. The molecule has 0 spiro atoms. The average Bonchev–Trinajstić information content (AvgIpc) is 2.95. The maximum absolute atomic E-state index is 12.6. The first-order valence-electron chi connectivity index (χ1n) is 18.0. The Morgan fingerprint density at radius 1 is 0.638 bits per heavy atom. The number of rotatable bonds is 16. The van der Waals surface area contributed by atoms with Gasteiger partial charge in [-0.3, -0.25) is 9.59 Å². The molecule has 2 aromatic rings. The second-order valence-electron chi connectivity index (χ2n) is 16.7. The summed E-state index contributed by atoms with van der Waals surface area (Å²) in [5, 5.41) is 28.1. The first kappa shape index (κ1) is 40.2. The Morgan fingerprint density at radius 3 is 1.40 bits per heavy atom. The van der Waals surface area contributed by atoms with Gasteiger partial charge in [-0.25, -0.2) is 0 Å². The molecule has 0 saturated heterocycles. The second kappa shape index (κ2) is 17.4. The summed E-state index contributed by atoms with van der Waals surface area (Å²) in [5.41, 5.74) is 5.43. The minimum absolute atomic E-state index is 0.0511. The summed E-state index contributed by atoms with van der Waals surface area (Å²) < 4.78 is 0. The summed E-state index contributed by atoms with van der Waals surface area (Å²) >= 11 is 0. The van der Waals surface area contributed by atoms with Gasteiger partial charge in [0.25, 0.3) is 0 Å². The number of unbranched alkanes of at least 4 members (excludes halogenated alkanes) is 3. The number of aryl methyl sites for hydroxylation is 2. The molecule has 0 radical (unpaired) electrons. The maximum Gasteiger partial charge on any atom is 0.220 e. The van der Waals surface area contributed by atoms with E-state index in [-0.39, 0.29) is 34.0 Å². The van der Waals surface area contributed by atoms with Crippen LogP contribution in [0.3, 0.4) is 0 Å². The molecule has 4 N–H and O–H groups in total. The van der Waals surface area contributed by atoms with Gasteiger partial charge < -0.3 is 20.8 Å². The van der Waals surface area contributed by atoms with Gasteiger partial charge in [0, 0.05) is 25.9 Å². The van der Waals surface area contributed by atoms with Crippen molar-refractivity contribution >= 4 is 11.8 Å². The highest BCUT2D eigenvalue weighted by molar-refractivity contribution is 5.76. The lowest BCUT2D eigenvalue weighted by Gasteiger charge is -2.28. The molecule has 0 aromatic heterocycles. The zero-order chi connectivity index (χ0) is 35.6. The van der Waals surface area contributed by atoms with Crippen molar-refractivity contribution in [3.8, 4) is 11.5 Å². The highest BCUT2D eigenvalue weighted by Gasteiger charge is 2.27. The first-order chi connectivity index (χ1) is 21.8. The van der Waals surface area contributed by atoms with Crippen molar-refractivity contribution in [3.05, 3.63) is 57.6 Å². The summed E-state index contributed by atoms with van der Waals surface area (Å²) in [7, 11) is 0. The summed E-state index contributed by atoms with van der Waals surface area (Å²) in [4.78, 5) is 25.2. The van der Waals surface area contributed by atoms with Crippen LogP contribution in [0.15, 0.2) is 24.3 Å². The lowest BCUT2D eigenvalue weighted by atomic mass is 9.78. The van der Waals surface area contributed by atoms with E-state index >= 15 is 0 Å². The van der Waals surface area contributed by atoms with E-state index in [0.29, 0.717) is 50.3 Å². The zero-order valence-corrected chi connectivity index (χ0v) is 31.6. The molecule has 0 aliphatic carbocycles. The third-order valence-electron chi connectivity index (χ3n) is 9.07. The van der Waals surface area contributed by atoms with E-state index in [9.17, 15) is 19.8 Å². The highest BCUT2D eigenvalue weighted by Crippen LogP contribution is 2.41. The summed E-state index contributed by atoms with van der Waals surface area (Å²) in [6, 6.07) is 8.27. The van der Waals surface area contributed by atoms with Crippen molar-refractivity contribution in [1.29, 1.82) is 0 Å². The molecule has 0 aliphatic heterocycles. The van der Waals surface area contributed by atoms with Crippen molar-refractivity contribution < 1.29 is 19.8 Å². The quantitative estimate of drug-likeness (QED) is 0.136. The number of hydrogen-bond acceptors (Lipinski definition) is 4. The second-order valence-corrected chi connectivity index (χ2v) is 16.7. The van der Waals surface area contributed by atoms with Crippen LogP contribution in [0.4, 0.5) is 0 Å². The molecule has 1 atom stereocenters. The summed E-state index contributed by atoms with van der Waals surface area (Å²) in [6.45, 7) is 24.6. The van der Waals surface area contributed by atoms with E-state index in [0.717, 1.165) is 71.9 Å². The van der Waals surface area contributed by atoms with Gasteiger partial charge in [0.05, 0.1) is 0 Å². The van der Waals surface area contributed by atoms with E-state index in [1.54, 1.807) is 0 Å². The van der Waals surface area contributed by atoms with Crippen molar-refractivity contribution in [2.75, 3.05) is 13.1 Å². The lowest BCUT2D eigenvalue weighted by Crippen LogP contribution is -2.25. The number of carbonyl (C=O) groups is 2. The molecule has 2 amide bonds. The molecule has 2 rings (SSSR count). The number of nitrogens with one attached hydrogen (secondary N) is 2. The van der Waals surface area contributed by atoms with E-state index in [1.807, 2.05) is 0 Å². The van der Waals surface area contributed by atoms with Gasteiger partial charge in [-0.05, 0) is 87.6 Å². The molecule has 47 heavy (non-hydrogen) atoms. The largest absolute Gasteiger partial charge is 0.507 e. The Hall–Kier alpha value is -3.02. The Bertz CT molecular complexity index is 1290. The molecule has 1 unspecified atom stereocenters. The van der Waals surface area contributed by atoms with E-state index < -0.39 is 0 Å². The molecule has 2 aromatic carbocycles. The summed E-state index contributed by atoms with van der Waals surface area (Å²) in [5.74, 6) is 1.16. The van der Waals surface area contributed by atoms with Gasteiger partial charge in [-0.15, -0.1) is 0 Å². The third kappa shape index (κ3) is 12.8. The Kier molecular flexibility index (Phi) is 14.9. The average molecular weight is 651 g/mol. The fourth-order valence-corrected chi connectivity index (χ4v) is 6.13. The number of phenolic OH excluding ortho intramolecular Hbond substituents is 2. The van der Waals surface area contributed by atoms with Gasteiger partial charge in [-0.2, -0.15) is 0 Å². The van der Waals surface area contributed by atoms with Gasteiger partial charge >= 0.3 is 0 Å². The van der Waals surface area contributed by atoms with Crippen molar-refractivity contribution in [1.82, 2.24) is 10.6 Å². The molecule has 0 bridgehead atoms. The topological polar surface area (TPSA) is 98.7 Å². The number of amides is 2. The molecule has 6 heteroatoms. The Balaban J connectivity index is 1.72. The van der Waals surface area contributed by atoms with Gasteiger partial charge in [0.15, 0.2) is 0 Å². The first-order valence-corrected chi connectivity index (χ1v) is 18.0. The monoisotopic (exact) mass is 651 g/mol. The Labute approximate surface area is 286 Å². The number of hydrogen-bond donors (Lipinski definition) is 4. The van der Waals surface area contributed by atoms with Gasteiger partial charge in [0.1, 0.15) is 11.5 Å². The molecular weight excluding hydrogens is 584 g/mol. The molecule has 264 valence electrons. The smallest absolute Gasteiger partial charge is 0.220 e. The molecule has 0 fully saturated rings. The minimum atomic E-state index is -0.188. The minimum Gasteiger partial charge on any atom is -0.507 e. The number of phenols is 2. The highest BCUT2D eigenvalue weighted by atomic mass is 16.3. The van der Waals surface area contributed by atoms with Crippen LogP contribution < -0.4 is 10.6 Å². The Morgan fingerprint density at radius 2 is 1.02 bits per heavy atom. The van der Waals surface area contributed by atoms with Crippen molar-refractivity contribution in [3.63, 3.8) is 0 Å². The van der Waals surface area contributed by atoms with Crippen LogP contribution >= 0.6 is 0 Å². The van der Waals surface area contributed by atoms with Crippen molar-refractivity contribution in [2.24, 2.45) is 0 Å². The normalized spacial score (nSPS) is 13.0. The standard InChI is InChI=1S/C41H66N2O4/c1-12-17-28(2)31-24-29(25-32(37(31)46)39(3,4)5)18-20-35(44)42-22-15-13-14-16-23-43-36(45)21-19-30-26-33(40(6,7)8)38(47)34(27-30)41(9,10)11/h24-28,46-47H,12-23H2,1-11H3,(H,42,44)(H,43,45). The molecule has 0 aliphatic rings. The van der Waals surface area contributed by atoms with Crippen LogP contribution in [0.1, 0.15) is 167 Å². The van der Waals surface area contributed by atoms with Crippen LogP contribution in [0.2, 0.25) is 0 Å². The van der Waals surface area contributed by atoms with Gasteiger partial charge in [-0.1, -0.05) is 120 Å². The van der Waals surface area contributed by atoms with Crippen LogP contribution in [-0.4, -0.2) is 35.1 Å². The zero-order valence-electron chi connectivity index (χ0n) is 31.6. The van der Waals surface area contributed by atoms with Crippen LogP contribution in [0, 0.1) is 0 Å². The summed E-state index contributed by atoms with van der Waals surface area (Å²) in [6.07, 6.45) is 8.06. The number of benzene rings is 2. The fourth-order valence-electron chi connectivity index (χ4n) is 6.13. The third-order valence-corrected chi connectivity index (χ3v) is 9.07. The van der Waals surface area contributed by atoms with E-state index in [1.165, 1.54) is 0 Å². The predicted octanol–water partition coefficient (Wildman–Crippen LogP) is 9.25. The molecule has 0 heterocycles. The van der Waals surface area contributed by atoms with Gasteiger partial charge in [0.2, 0.25) is 11.8 Å². The number of aromatic hydroxyl groups is 2. The van der Waals surface area contributed by atoms with E-state index in [4.69, 9.17) is 0 Å². The SMILES string of the molecule is CCCC(C)c1cc(CCC(=O)NCCCCCCNC(=O)CCc2cc(C(C)(C)C)c(O)c(C(C)(C)C)c2)cc(C(C)(C)C)c1O. The fraction of sp³-hybridized carbons (Fsp3) is 0.659. The molecule has 0 saturated carbocycles. The maximum atomic E-state index is 12.6. The lowest BCUT2D eigenvalue weighted by molar-refractivity contribution is -0.121. The van der Waals surface area contributed by atoms with E-state index in [2.05, 4.69) is 111 Å². The van der Waals surface area contributed by atoms with Crippen LogP contribution in [0.5, 0.6) is 11.5 Å². The van der Waals surface area contributed by atoms with Crippen LogP contribution in [0.25, 0.3) is 0 Å². The molecule has 6 nitrogen and oxygen atoms in total. The molecular formula is C41H66N2O4. The van der Waals surface area contributed by atoms with Crippen molar-refractivity contribution in [2.45, 2.75) is 163 Å².